The van der Waals surface area contributed by atoms with Gasteiger partial charge >= 0.3 is 0 Å². The quantitative estimate of drug-likeness (QED) is 0.669. The lowest BCUT2D eigenvalue weighted by Crippen LogP contribution is -2.59. The highest BCUT2D eigenvalue weighted by Gasteiger charge is 2.46. The molecule has 2 heterocycles. The number of nitrogens with one attached hydrogen (secondary N) is 1. The summed E-state index contributed by atoms with van der Waals surface area (Å²) in [5.41, 5.74) is 6.65. The number of sulfonamides is 1. The van der Waals surface area contributed by atoms with Gasteiger partial charge in [0.2, 0.25) is 21.8 Å². The molecule has 3 aliphatic rings. The zero-order valence-electron chi connectivity index (χ0n) is 17.8. The van der Waals surface area contributed by atoms with Crippen LogP contribution in [0.15, 0.2) is 30.3 Å². The molecule has 170 valence electrons. The summed E-state index contributed by atoms with van der Waals surface area (Å²) >= 11 is 0. The Bertz CT molecular complexity index is 899. The maximum atomic E-state index is 12.9. The van der Waals surface area contributed by atoms with Crippen molar-refractivity contribution < 1.29 is 18.0 Å². The van der Waals surface area contributed by atoms with Crippen molar-refractivity contribution in [2.45, 2.75) is 62.4 Å². The molecule has 3 N–H and O–H groups in total. The molecule has 1 aromatic rings. The summed E-state index contributed by atoms with van der Waals surface area (Å²) in [5.74, 6) is -0.0832. The number of carbonyl (C=O) groups is 2. The van der Waals surface area contributed by atoms with E-state index in [1.165, 1.54) is 4.31 Å². The Morgan fingerprint density at radius 2 is 1.77 bits per heavy atom. The molecule has 2 atom stereocenters. The Labute approximate surface area is 184 Å². The van der Waals surface area contributed by atoms with Crippen LogP contribution in [0.3, 0.4) is 0 Å². The Morgan fingerprint density at radius 1 is 1.06 bits per heavy atom. The number of rotatable bonds is 6. The summed E-state index contributed by atoms with van der Waals surface area (Å²) in [6.45, 7) is 0.674. The van der Waals surface area contributed by atoms with E-state index in [9.17, 15) is 18.0 Å². The van der Waals surface area contributed by atoms with Crippen LogP contribution >= 0.6 is 0 Å². The molecule has 0 spiro atoms. The Balaban J connectivity index is 1.34. The summed E-state index contributed by atoms with van der Waals surface area (Å²) in [6.07, 6.45) is 5.23. The molecular weight excluding hydrogens is 416 g/mol. The highest BCUT2D eigenvalue weighted by Crippen LogP contribution is 2.30. The Hall–Kier alpha value is -1.97. The first-order chi connectivity index (χ1) is 14.8. The molecule has 9 heteroatoms. The molecule has 2 amide bonds. The van der Waals surface area contributed by atoms with Crippen LogP contribution in [0, 0.1) is 5.92 Å². The number of nitrogens with two attached hydrogens (primary N) is 1. The molecule has 2 saturated heterocycles. The molecule has 1 aliphatic carbocycles. The molecule has 2 aliphatic heterocycles. The number of piperazine rings is 1. The van der Waals surface area contributed by atoms with E-state index in [0.29, 0.717) is 30.9 Å². The minimum atomic E-state index is -3.60. The molecule has 3 fully saturated rings. The third-order valence-electron chi connectivity index (χ3n) is 6.86. The van der Waals surface area contributed by atoms with E-state index in [0.717, 1.165) is 25.7 Å². The van der Waals surface area contributed by atoms with E-state index >= 15 is 0 Å². The zero-order chi connectivity index (χ0) is 22.0. The van der Waals surface area contributed by atoms with Crippen molar-refractivity contribution >= 4 is 21.8 Å². The van der Waals surface area contributed by atoms with Crippen LogP contribution in [-0.4, -0.2) is 67.2 Å². The van der Waals surface area contributed by atoms with E-state index < -0.39 is 16.1 Å². The van der Waals surface area contributed by atoms with Crippen LogP contribution < -0.4 is 11.1 Å². The summed E-state index contributed by atoms with van der Waals surface area (Å²) < 4.78 is 27.0. The second kappa shape index (κ2) is 9.26. The van der Waals surface area contributed by atoms with E-state index in [1.54, 1.807) is 29.2 Å². The van der Waals surface area contributed by atoms with Crippen molar-refractivity contribution in [3.8, 4) is 0 Å². The van der Waals surface area contributed by atoms with Crippen LogP contribution in [0.2, 0.25) is 0 Å². The predicted molar refractivity (Wildman–Crippen MR) is 117 cm³/mol. The summed E-state index contributed by atoms with van der Waals surface area (Å²) in [4.78, 5) is 27.3. The number of benzene rings is 1. The molecular formula is C22H32N4O4S. The van der Waals surface area contributed by atoms with Gasteiger partial charge in [0.05, 0.1) is 12.3 Å². The van der Waals surface area contributed by atoms with Crippen molar-refractivity contribution in [1.29, 1.82) is 0 Å². The predicted octanol–water partition coefficient (Wildman–Crippen LogP) is 0.825. The molecule has 0 aromatic heterocycles. The van der Waals surface area contributed by atoms with E-state index in [-0.39, 0.29) is 42.7 Å². The van der Waals surface area contributed by atoms with Crippen LogP contribution in [0.25, 0.3) is 0 Å². The monoisotopic (exact) mass is 448 g/mol. The average molecular weight is 449 g/mol. The standard InChI is InChI=1S/C22H32N4O4S/c23-18-8-6-16(7-9-18)12-24-22(28)20-11-10-19-13-25(14-21(27)26(19)20)31(29,30)15-17-4-2-1-3-5-17/h1-5,16,18-20H,6-15,23H2,(H,24,28)/t16?,18?,19-,20?/m0/s1. The average Bonchev–Trinajstić information content (AvgIpc) is 3.18. The zero-order valence-corrected chi connectivity index (χ0v) is 18.6. The van der Waals surface area contributed by atoms with Crippen LogP contribution in [-0.2, 0) is 25.4 Å². The minimum absolute atomic E-state index is 0.119. The first-order valence-electron chi connectivity index (χ1n) is 11.2. The van der Waals surface area contributed by atoms with E-state index in [2.05, 4.69) is 5.32 Å². The highest BCUT2D eigenvalue weighted by molar-refractivity contribution is 7.88. The molecule has 1 aromatic carbocycles. The molecule has 0 bridgehead atoms. The van der Waals surface area contributed by atoms with Crippen molar-refractivity contribution in [2.24, 2.45) is 11.7 Å². The van der Waals surface area contributed by atoms with Gasteiger partial charge in [-0.05, 0) is 50.0 Å². The number of hydrogen-bond acceptors (Lipinski definition) is 5. The van der Waals surface area contributed by atoms with Gasteiger partial charge in [0, 0.05) is 25.2 Å². The maximum Gasteiger partial charge on any atom is 0.242 e. The SMILES string of the molecule is NC1CCC(CNC(=O)C2CC[C@H]3CN(S(=O)(=O)Cc4ccccc4)CC(=O)N23)CC1. The summed E-state index contributed by atoms with van der Waals surface area (Å²) in [7, 11) is -3.60. The van der Waals surface area contributed by atoms with Gasteiger partial charge < -0.3 is 16.0 Å². The molecule has 1 saturated carbocycles. The van der Waals surface area contributed by atoms with Crippen molar-refractivity contribution in [1.82, 2.24) is 14.5 Å². The molecule has 0 radical (unpaired) electrons. The van der Waals surface area contributed by atoms with Crippen molar-refractivity contribution in [3.05, 3.63) is 35.9 Å². The molecule has 1 unspecified atom stereocenters. The Morgan fingerprint density at radius 3 is 2.48 bits per heavy atom. The third-order valence-corrected chi connectivity index (χ3v) is 8.62. The fourth-order valence-corrected chi connectivity index (χ4v) is 6.57. The van der Waals surface area contributed by atoms with E-state index in [1.807, 2.05) is 6.07 Å². The van der Waals surface area contributed by atoms with Crippen LogP contribution in [0.4, 0.5) is 0 Å². The van der Waals surface area contributed by atoms with Gasteiger partial charge in [-0.2, -0.15) is 4.31 Å². The topological polar surface area (TPSA) is 113 Å². The van der Waals surface area contributed by atoms with Crippen LogP contribution in [0.5, 0.6) is 0 Å². The maximum absolute atomic E-state index is 12.9. The molecule has 31 heavy (non-hydrogen) atoms. The van der Waals surface area contributed by atoms with Gasteiger partial charge in [0.25, 0.3) is 0 Å². The summed E-state index contributed by atoms with van der Waals surface area (Å²) in [5, 5.41) is 3.03. The number of hydrogen-bond donors (Lipinski definition) is 2. The first kappa shape index (κ1) is 22.2. The first-order valence-corrected chi connectivity index (χ1v) is 12.8. The summed E-state index contributed by atoms with van der Waals surface area (Å²) in [6, 6.07) is 8.51. The second-order valence-electron chi connectivity index (χ2n) is 9.11. The van der Waals surface area contributed by atoms with E-state index in [4.69, 9.17) is 5.73 Å². The number of fused-ring (bicyclic) bond motifs is 1. The number of amides is 2. The Kier molecular flexibility index (Phi) is 6.64. The fourth-order valence-electron chi connectivity index (χ4n) is 5.07. The van der Waals surface area contributed by atoms with Gasteiger partial charge in [0.1, 0.15) is 6.04 Å². The highest BCUT2D eigenvalue weighted by atomic mass is 32.2. The van der Waals surface area contributed by atoms with Gasteiger partial charge in [-0.3, -0.25) is 9.59 Å². The van der Waals surface area contributed by atoms with Gasteiger partial charge in [-0.15, -0.1) is 0 Å². The largest absolute Gasteiger partial charge is 0.354 e. The normalized spacial score (nSPS) is 29.6. The second-order valence-corrected chi connectivity index (χ2v) is 11.1. The smallest absolute Gasteiger partial charge is 0.242 e. The third kappa shape index (κ3) is 5.10. The number of nitrogens with zero attached hydrogens (tertiary/aromatic N) is 2. The van der Waals surface area contributed by atoms with Crippen LogP contribution in [0.1, 0.15) is 44.1 Å². The lowest BCUT2D eigenvalue weighted by Gasteiger charge is -2.38. The molecule has 8 nitrogen and oxygen atoms in total. The van der Waals surface area contributed by atoms with Gasteiger partial charge in [-0.25, -0.2) is 8.42 Å². The van der Waals surface area contributed by atoms with Gasteiger partial charge in [-0.1, -0.05) is 30.3 Å². The van der Waals surface area contributed by atoms with Crippen molar-refractivity contribution in [2.75, 3.05) is 19.6 Å². The fraction of sp³-hybridized carbons (Fsp3) is 0.636. The van der Waals surface area contributed by atoms with Gasteiger partial charge in [0.15, 0.2) is 0 Å². The van der Waals surface area contributed by atoms with Crippen molar-refractivity contribution in [3.63, 3.8) is 0 Å². The minimum Gasteiger partial charge on any atom is -0.354 e. The lowest BCUT2D eigenvalue weighted by atomic mass is 9.86. The molecule has 4 rings (SSSR count). The lowest BCUT2D eigenvalue weighted by molar-refractivity contribution is -0.143. The number of carbonyl (C=O) groups excluding carboxylic acids is 2.